The Hall–Kier alpha value is -2.14. The van der Waals surface area contributed by atoms with Gasteiger partial charge in [-0.2, -0.15) is 0 Å². The van der Waals surface area contributed by atoms with E-state index < -0.39 is 0 Å². The summed E-state index contributed by atoms with van der Waals surface area (Å²) in [5, 5.41) is 0. The van der Waals surface area contributed by atoms with E-state index in [2.05, 4.69) is 0 Å². The number of aromatic nitrogens is 2. The van der Waals surface area contributed by atoms with Crippen LogP contribution in [0.15, 0.2) is 52.2 Å². The van der Waals surface area contributed by atoms with Crippen LogP contribution in [0.5, 0.6) is 0 Å². The Balaban J connectivity index is 2.16. The number of hydrogen-bond acceptors (Lipinski definition) is 3. The molecule has 1 heterocycles. The lowest BCUT2D eigenvalue weighted by molar-refractivity contribution is 0.536. The Morgan fingerprint density at radius 3 is 2.45 bits per heavy atom. The Bertz CT molecular complexity index is 659. The van der Waals surface area contributed by atoms with E-state index in [0.29, 0.717) is 26.1 Å². The summed E-state index contributed by atoms with van der Waals surface area (Å²) in [4.78, 5) is 23.9. The SMILES string of the molecule is NCCCn1c(=O)ccn(CCc2ccccc2)c1=O. The van der Waals surface area contributed by atoms with Crippen molar-refractivity contribution >= 4 is 0 Å². The Morgan fingerprint density at radius 2 is 1.75 bits per heavy atom. The minimum atomic E-state index is -0.264. The zero-order chi connectivity index (χ0) is 14.4. The molecule has 0 aliphatic rings. The van der Waals surface area contributed by atoms with Gasteiger partial charge in [0.05, 0.1) is 0 Å². The first-order chi connectivity index (χ1) is 9.72. The highest BCUT2D eigenvalue weighted by atomic mass is 16.2. The van der Waals surface area contributed by atoms with E-state index in [1.807, 2.05) is 30.3 Å². The van der Waals surface area contributed by atoms with Gasteiger partial charge in [0.25, 0.3) is 5.56 Å². The maximum absolute atomic E-state index is 12.2. The van der Waals surface area contributed by atoms with Gasteiger partial charge in [0.1, 0.15) is 0 Å². The van der Waals surface area contributed by atoms with Crippen LogP contribution in [-0.4, -0.2) is 15.7 Å². The van der Waals surface area contributed by atoms with E-state index in [4.69, 9.17) is 5.73 Å². The minimum absolute atomic E-state index is 0.262. The lowest BCUT2D eigenvalue weighted by Crippen LogP contribution is -2.39. The summed E-state index contributed by atoms with van der Waals surface area (Å²) in [6, 6.07) is 11.4. The first-order valence-corrected chi connectivity index (χ1v) is 6.76. The average Bonchev–Trinajstić information content (AvgIpc) is 2.47. The Labute approximate surface area is 117 Å². The van der Waals surface area contributed by atoms with E-state index in [1.165, 1.54) is 16.2 Å². The normalized spacial score (nSPS) is 10.7. The van der Waals surface area contributed by atoms with Gasteiger partial charge in [0.15, 0.2) is 0 Å². The molecule has 0 bridgehead atoms. The van der Waals surface area contributed by atoms with Crippen molar-refractivity contribution in [2.24, 2.45) is 5.73 Å². The molecule has 0 unspecified atom stereocenters. The van der Waals surface area contributed by atoms with Gasteiger partial charge >= 0.3 is 5.69 Å². The molecule has 20 heavy (non-hydrogen) atoms. The zero-order valence-electron chi connectivity index (χ0n) is 11.4. The fraction of sp³-hybridized carbons (Fsp3) is 0.333. The summed E-state index contributed by atoms with van der Waals surface area (Å²) in [6.07, 6.45) is 2.94. The molecule has 5 heteroatoms. The van der Waals surface area contributed by atoms with Crippen LogP contribution in [0.4, 0.5) is 0 Å². The lowest BCUT2D eigenvalue weighted by Gasteiger charge is -2.09. The topological polar surface area (TPSA) is 70.0 Å². The molecule has 106 valence electrons. The van der Waals surface area contributed by atoms with Gasteiger partial charge in [-0.3, -0.25) is 9.36 Å². The average molecular weight is 273 g/mol. The summed E-state index contributed by atoms with van der Waals surface area (Å²) in [5.41, 5.74) is 6.06. The summed E-state index contributed by atoms with van der Waals surface area (Å²) in [7, 11) is 0. The van der Waals surface area contributed by atoms with Crippen molar-refractivity contribution in [3.63, 3.8) is 0 Å². The molecule has 0 aliphatic carbocycles. The van der Waals surface area contributed by atoms with Crippen LogP contribution in [0.2, 0.25) is 0 Å². The van der Waals surface area contributed by atoms with E-state index in [-0.39, 0.29) is 11.2 Å². The molecule has 1 aromatic carbocycles. The molecule has 0 atom stereocenters. The monoisotopic (exact) mass is 273 g/mol. The van der Waals surface area contributed by atoms with Crippen LogP contribution in [0.3, 0.4) is 0 Å². The van der Waals surface area contributed by atoms with Crippen LogP contribution < -0.4 is 17.0 Å². The third-order valence-electron chi connectivity index (χ3n) is 3.21. The lowest BCUT2D eigenvalue weighted by atomic mass is 10.1. The fourth-order valence-electron chi connectivity index (χ4n) is 2.08. The second kappa shape index (κ2) is 6.86. The quantitative estimate of drug-likeness (QED) is 0.838. The van der Waals surface area contributed by atoms with Crippen molar-refractivity contribution < 1.29 is 0 Å². The first-order valence-electron chi connectivity index (χ1n) is 6.76. The highest BCUT2D eigenvalue weighted by Gasteiger charge is 2.04. The third-order valence-corrected chi connectivity index (χ3v) is 3.21. The number of benzene rings is 1. The summed E-state index contributed by atoms with van der Waals surface area (Å²) >= 11 is 0. The van der Waals surface area contributed by atoms with Crippen LogP contribution in [0, 0.1) is 0 Å². The van der Waals surface area contributed by atoms with Crippen molar-refractivity contribution in [3.8, 4) is 0 Å². The van der Waals surface area contributed by atoms with E-state index >= 15 is 0 Å². The van der Waals surface area contributed by atoms with Crippen LogP contribution >= 0.6 is 0 Å². The molecule has 0 amide bonds. The molecule has 2 rings (SSSR count). The van der Waals surface area contributed by atoms with Gasteiger partial charge in [0, 0.05) is 25.4 Å². The van der Waals surface area contributed by atoms with Crippen LogP contribution in [0.1, 0.15) is 12.0 Å². The van der Waals surface area contributed by atoms with Gasteiger partial charge in [-0.25, -0.2) is 4.79 Å². The fourth-order valence-corrected chi connectivity index (χ4v) is 2.08. The van der Waals surface area contributed by atoms with Crippen molar-refractivity contribution in [2.75, 3.05) is 6.54 Å². The highest BCUT2D eigenvalue weighted by molar-refractivity contribution is 5.14. The predicted octanol–water partition coefficient (Wildman–Crippen LogP) is 0.601. The largest absolute Gasteiger partial charge is 0.330 e. The number of rotatable bonds is 6. The van der Waals surface area contributed by atoms with E-state index in [0.717, 1.165) is 6.42 Å². The molecule has 1 aromatic heterocycles. The van der Waals surface area contributed by atoms with Gasteiger partial charge in [-0.1, -0.05) is 30.3 Å². The van der Waals surface area contributed by atoms with Crippen molar-refractivity contribution in [3.05, 3.63) is 69.0 Å². The zero-order valence-corrected chi connectivity index (χ0v) is 11.4. The minimum Gasteiger partial charge on any atom is -0.330 e. The number of nitrogens with zero attached hydrogens (tertiary/aromatic N) is 2. The smallest absolute Gasteiger partial charge is 0.330 e. The third kappa shape index (κ3) is 3.45. The van der Waals surface area contributed by atoms with Crippen LogP contribution in [0.25, 0.3) is 0 Å². The first kappa shape index (κ1) is 14.3. The molecule has 0 radical (unpaired) electrons. The molecule has 0 aliphatic heterocycles. The molecule has 0 saturated carbocycles. The van der Waals surface area contributed by atoms with E-state index in [1.54, 1.807) is 10.8 Å². The number of hydrogen-bond donors (Lipinski definition) is 1. The highest BCUT2D eigenvalue weighted by Crippen LogP contribution is 2.00. The second-order valence-electron chi connectivity index (χ2n) is 4.66. The van der Waals surface area contributed by atoms with Crippen molar-refractivity contribution in [1.82, 2.24) is 9.13 Å². The molecule has 2 aromatic rings. The molecular formula is C15H19N3O2. The van der Waals surface area contributed by atoms with Crippen molar-refractivity contribution in [2.45, 2.75) is 25.9 Å². The standard InChI is InChI=1S/C15H19N3O2/c16-9-4-10-18-14(19)8-12-17(15(18)20)11-7-13-5-2-1-3-6-13/h1-3,5-6,8,12H,4,7,9-11,16H2. The van der Waals surface area contributed by atoms with Gasteiger partial charge in [0.2, 0.25) is 0 Å². The second-order valence-corrected chi connectivity index (χ2v) is 4.66. The molecule has 0 saturated heterocycles. The van der Waals surface area contributed by atoms with Gasteiger partial charge in [-0.15, -0.1) is 0 Å². The van der Waals surface area contributed by atoms with Crippen molar-refractivity contribution in [1.29, 1.82) is 0 Å². The maximum atomic E-state index is 12.2. The van der Waals surface area contributed by atoms with Crippen LogP contribution in [-0.2, 0) is 19.5 Å². The Kier molecular flexibility index (Phi) is 4.90. The molecule has 2 N–H and O–H groups in total. The number of nitrogens with two attached hydrogens (primary N) is 1. The number of aryl methyl sites for hydroxylation is 2. The molecule has 0 fully saturated rings. The summed E-state index contributed by atoms with van der Waals surface area (Å²) in [5.74, 6) is 0. The van der Waals surface area contributed by atoms with E-state index in [9.17, 15) is 9.59 Å². The van der Waals surface area contributed by atoms with Gasteiger partial charge in [-0.05, 0) is 24.9 Å². The summed E-state index contributed by atoms with van der Waals surface area (Å²) in [6.45, 7) is 1.40. The molecular weight excluding hydrogens is 254 g/mol. The maximum Gasteiger partial charge on any atom is 0.330 e. The summed E-state index contributed by atoms with van der Waals surface area (Å²) < 4.78 is 2.82. The predicted molar refractivity (Wildman–Crippen MR) is 78.8 cm³/mol. The molecule has 5 nitrogen and oxygen atoms in total. The Morgan fingerprint density at radius 1 is 1.00 bits per heavy atom. The molecule has 0 spiro atoms. The van der Waals surface area contributed by atoms with Gasteiger partial charge < -0.3 is 10.3 Å².